The summed E-state index contributed by atoms with van der Waals surface area (Å²) in [6.45, 7) is 3.71. The Morgan fingerprint density at radius 2 is 2.40 bits per heavy atom. The van der Waals surface area contributed by atoms with Crippen molar-refractivity contribution in [1.29, 1.82) is 0 Å². The first kappa shape index (κ1) is 10.7. The van der Waals surface area contributed by atoms with Gasteiger partial charge in [-0.05, 0) is 18.7 Å². The Labute approximate surface area is 97.0 Å². The molecule has 0 radical (unpaired) electrons. The predicted octanol–water partition coefficient (Wildman–Crippen LogP) is 3.17. The number of hydrogen-bond acceptors (Lipinski definition) is 4. The van der Waals surface area contributed by atoms with Crippen molar-refractivity contribution in [3.63, 3.8) is 0 Å². The Morgan fingerprint density at radius 1 is 1.53 bits per heavy atom. The Morgan fingerprint density at radius 3 is 3.07 bits per heavy atom. The molecule has 2 rings (SSSR count). The monoisotopic (exact) mass is 242 g/mol. The van der Waals surface area contributed by atoms with E-state index in [9.17, 15) is 0 Å². The first-order valence-electron chi connectivity index (χ1n) is 4.71. The zero-order valence-electron chi connectivity index (χ0n) is 8.29. The average Bonchev–Trinajstić information content (AvgIpc) is 2.83. The van der Waals surface area contributed by atoms with Crippen molar-refractivity contribution >= 4 is 22.9 Å². The van der Waals surface area contributed by atoms with Gasteiger partial charge in [-0.3, -0.25) is 0 Å². The third-order valence-corrected chi connectivity index (χ3v) is 3.18. The predicted molar refractivity (Wildman–Crippen MR) is 62.2 cm³/mol. The second-order valence-electron chi connectivity index (χ2n) is 3.07. The highest BCUT2D eigenvalue weighted by molar-refractivity contribution is 7.19. The van der Waals surface area contributed by atoms with Gasteiger partial charge in [-0.25, -0.2) is 0 Å². The summed E-state index contributed by atoms with van der Waals surface area (Å²) in [5.41, 5.74) is 0.913. The van der Waals surface area contributed by atoms with Crippen molar-refractivity contribution in [1.82, 2.24) is 10.5 Å². The Balaban J connectivity index is 2.13. The third kappa shape index (κ3) is 2.59. The van der Waals surface area contributed by atoms with Gasteiger partial charge >= 0.3 is 0 Å². The molecular weight excluding hydrogens is 232 g/mol. The smallest absolute Gasteiger partial charge is 0.177 e. The standard InChI is InChI=1S/C10H11ClN2OS/c1-2-12-6-7-5-8(14-13-7)9-3-4-10(11)15-9/h3-5,12H,2,6H2,1H3. The van der Waals surface area contributed by atoms with Crippen LogP contribution >= 0.6 is 22.9 Å². The maximum atomic E-state index is 5.84. The first-order chi connectivity index (χ1) is 7.29. The Kier molecular flexibility index (Phi) is 3.41. The largest absolute Gasteiger partial charge is 0.355 e. The van der Waals surface area contributed by atoms with Crippen molar-refractivity contribution in [2.75, 3.05) is 6.54 Å². The fourth-order valence-electron chi connectivity index (χ4n) is 1.21. The lowest BCUT2D eigenvalue weighted by Crippen LogP contribution is -2.11. The minimum Gasteiger partial charge on any atom is -0.355 e. The topological polar surface area (TPSA) is 38.1 Å². The van der Waals surface area contributed by atoms with Crippen LogP contribution in [0, 0.1) is 0 Å². The number of nitrogens with one attached hydrogen (secondary N) is 1. The maximum absolute atomic E-state index is 5.84. The minimum absolute atomic E-state index is 0.735. The van der Waals surface area contributed by atoms with Crippen LogP contribution in [-0.4, -0.2) is 11.7 Å². The van der Waals surface area contributed by atoms with Gasteiger partial charge in [-0.2, -0.15) is 0 Å². The second-order valence-corrected chi connectivity index (χ2v) is 4.78. The molecule has 0 unspecified atom stereocenters. The van der Waals surface area contributed by atoms with Gasteiger partial charge < -0.3 is 9.84 Å². The lowest BCUT2D eigenvalue weighted by molar-refractivity contribution is 0.421. The molecule has 0 bridgehead atoms. The van der Waals surface area contributed by atoms with Crippen molar-refractivity contribution < 1.29 is 4.52 Å². The van der Waals surface area contributed by atoms with Gasteiger partial charge in [0.15, 0.2) is 5.76 Å². The molecule has 3 nitrogen and oxygen atoms in total. The molecule has 15 heavy (non-hydrogen) atoms. The minimum atomic E-state index is 0.735. The quantitative estimate of drug-likeness (QED) is 0.895. The van der Waals surface area contributed by atoms with E-state index in [4.69, 9.17) is 16.1 Å². The number of aromatic nitrogens is 1. The molecule has 0 saturated carbocycles. The van der Waals surface area contributed by atoms with Gasteiger partial charge in [0.25, 0.3) is 0 Å². The van der Waals surface area contributed by atoms with Crippen LogP contribution in [0.1, 0.15) is 12.6 Å². The summed E-state index contributed by atoms with van der Waals surface area (Å²) in [7, 11) is 0. The molecule has 0 atom stereocenters. The van der Waals surface area contributed by atoms with Crippen molar-refractivity contribution in [2.24, 2.45) is 0 Å². The summed E-state index contributed by atoms with van der Waals surface area (Å²) < 4.78 is 5.98. The molecule has 0 saturated heterocycles. The molecule has 5 heteroatoms. The molecule has 2 aromatic rings. The Bertz CT molecular complexity index is 438. The number of hydrogen-bond donors (Lipinski definition) is 1. The molecule has 0 aliphatic carbocycles. The summed E-state index contributed by atoms with van der Waals surface area (Å²) in [6.07, 6.45) is 0. The van der Waals surface area contributed by atoms with E-state index >= 15 is 0 Å². The molecule has 80 valence electrons. The Hall–Kier alpha value is -0.840. The lowest BCUT2D eigenvalue weighted by Gasteiger charge is -1.93. The van der Waals surface area contributed by atoms with Crippen LogP contribution in [0.5, 0.6) is 0 Å². The van der Waals surface area contributed by atoms with Crippen molar-refractivity contribution in [2.45, 2.75) is 13.5 Å². The van der Waals surface area contributed by atoms with E-state index < -0.39 is 0 Å². The third-order valence-electron chi connectivity index (χ3n) is 1.93. The van der Waals surface area contributed by atoms with Crippen LogP contribution in [0.4, 0.5) is 0 Å². The summed E-state index contributed by atoms with van der Waals surface area (Å²) in [6, 6.07) is 5.73. The van der Waals surface area contributed by atoms with Gasteiger partial charge in [-0.15, -0.1) is 11.3 Å². The van der Waals surface area contributed by atoms with Gasteiger partial charge in [-0.1, -0.05) is 23.7 Å². The summed E-state index contributed by atoms with van der Waals surface area (Å²) in [5.74, 6) is 0.778. The average molecular weight is 243 g/mol. The van der Waals surface area contributed by atoms with Crippen molar-refractivity contribution in [3.05, 3.63) is 28.2 Å². The van der Waals surface area contributed by atoms with Crippen LogP contribution < -0.4 is 5.32 Å². The normalized spacial score (nSPS) is 10.8. The zero-order chi connectivity index (χ0) is 10.7. The fourth-order valence-corrected chi connectivity index (χ4v) is 2.20. The molecular formula is C10H11ClN2OS. The highest BCUT2D eigenvalue weighted by Gasteiger charge is 2.08. The number of rotatable bonds is 4. The van der Waals surface area contributed by atoms with Crippen LogP contribution in [0.15, 0.2) is 22.7 Å². The second kappa shape index (κ2) is 4.79. The van der Waals surface area contributed by atoms with E-state index in [2.05, 4.69) is 17.4 Å². The van der Waals surface area contributed by atoms with Crippen LogP contribution in [0.3, 0.4) is 0 Å². The SMILES string of the molecule is CCNCc1cc(-c2ccc(Cl)s2)on1. The van der Waals surface area contributed by atoms with E-state index in [1.807, 2.05) is 18.2 Å². The molecule has 0 aliphatic heterocycles. The van der Waals surface area contributed by atoms with Crippen LogP contribution in [-0.2, 0) is 6.54 Å². The van der Waals surface area contributed by atoms with Gasteiger partial charge in [0.05, 0.1) is 14.9 Å². The van der Waals surface area contributed by atoms with Crippen LogP contribution in [0.2, 0.25) is 4.34 Å². The molecule has 2 aromatic heterocycles. The number of thiophene rings is 1. The number of nitrogens with zero attached hydrogens (tertiary/aromatic N) is 1. The van der Waals surface area contributed by atoms with E-state index in [-0.39, 0.29) is 0 Å². The van der Waals surface area contributed by atoms with E-state index in [0.29, 0.717) is 0 Å². The van der Waals surface area contributed by atoms with Crippen LogP contribution in [0.25, 0.3) is 10.6 Å². The van der Waals surface area contributed by atoms with Gasteiger partial charge in [0.2, 0.25) is 0 Å². The van der Waals surface area contributed by atoms with E-state index in [0.717, 1.165) is 33.8 Å². The highest BCUT2D eigenvalue weighted by Crippen LogP contribution is 2.31. The molecule has 0 amide bonds. The lowest BCUT2D eigenvalue weighted by atomic mass is 10.3. The summed E-state index contributed by atoms with van der Waals surface area (Å²) in [5, 5.41) is 7.15. The summed E-state index contributed by atoms with van der Waals surface area (Å²) in [4.78, 5) is 1.01. The maximum Gasteiger partial charge on any atom is 0.177 e. The highest BCUT2D eigenvalue weighted by atomic mass is 35.5. The molecule has 2 heterocycles. The van der Waals surface area contributed by atoms with Crippen molar-refractivity contribution in [3.8, 4) is 10.6 Å². The molecule has 0 fully saturated rings. The van der Waals surface area contributed by atoms with E-state index in [1.54, 1.807) is 0 Å². The van der Waals surface area contributed by atoms with Gasteiger partial charge in [0, 0.05) is 12.6 Å². The molecule has 0 aliphatic rings. The molecule has 0 aromatic carbocycles. The first-order valence-corrected chi connectivity index (χ1v) is 5.91. The molecule has 0 spiro atoms. The van der Waals surface area contributed by atoms with E-state index in [1.165, 1.54) is 11.3 Å². The number of halogens is 1. The summed E-state index contributed by atoms with van der Waals surface area (Å²) >= 11 is 7.33. The zero-order valence-corrected chi connectivity index (χ0v) is 9.86. The fraction of sp³-hybridized carbons (Fsp3) is 0.300. The van der Waals surface area contributed by atoms with Gasteiger partial charge in [0.1, 0.15) is 0 Å². The molecule has 1 N–H and O–H groups in total.